The van der Waals surface area contributed by atoms with Crippen LogP contribution in [0.15, 0.2) is 36.5 Å². The fraction of sp³-hybridized carbons (Fsp3) is 0.370. The van der Waals surface area contributed by atoms with Gasteiger partial charge in [0.25, 0.3) is 0 Å². The summed E-state index contributed by atoms with van der Waals surface area (Å²) in [4.78, 5) is 22.7. The van der Waals surface area contributed by atoms with Gasteiger partial charge in [0, 0.05) is 19.2 Å². The highest BCUT2D eigenvalue weighted by Crippen LogP contribution is 2.40. The maximum absolute atomic E-state index is 10.9. The number of carboxylic acid groups (broad SMARTS) is 2. The van der Waals surface area contributed by atoms with Crippen LogP contribution in [-0.2, 0) is 34.0 Å². The van der Waals surface area contributed by atoms with Crippen molar-refractivity contribution in [2.24, 2.45) is 7.05 Å². The fourth-order valence-electron chi connectivity index (χ4n) is 3.62. The third-order valence-electron chi connectivity index (χ3n) is 5.62. The van der Waals surface area contributed by atoms with Crippen LogP contribution in [0.5, 0.6) is 5.75 Å². The van der Waals surface area contributed by atoms with Crippen LogP contribution in [0, 0.1) is 0 Å². The van der Waals surface area contributed by atoms with E-state index >= 15 is 0 Å². The summed E-state index contributed by atoms with van der Waals surface area (Å²) in [5.41, 5.74) is 4.58. The molecule has 2 aromatic carbocycles. The van der Waals surface area contributed by atoms with Gasteiger partial charge in [0.2, 0.25) is 5.95 Å². The van der Waals surface area contributed by atoms with Crippen molar-refractivity contribution in [2.75, 3.05) is 5.32 Å². The second-order valence-corrected chi connectivity index (χ2v) is 11.5. The highest BCUT2D eigenvalue weighted by atomic mass is 35.5. The molecule has 0 saturated heterocycles. The molecule has 0 aliphatic carbocycles. The van der Waals surface area contributed by atoms with E-state index in [2.05, 4.69) is 64.0 Å². The second-order valence-electron chi connectivity index (χ2n) is 10.7. The molecule has 0 amide bonds. The number of hydrogen-bond donors (Lipinski definition) is 4. The Bertz CT molecular complexity index is 1260. The minimum absolute atomic E-state index is 0.162. The number of nitrogens with one attached hydrogen (secondary N) is 1. The number of aromatic nitrogens is 2. The van der Waals surface area contributed by atoms with Crippen LogP contribution in [0.3, 0.4) is 0 Å². The van der Waals surface area contributed by atoms with Gasteiger partial charge in [-0.05, 0) is 51.8 Å². The Kier molecular flexibility index (Phi) is 9.27. The molecule has 0 aliphatic rings. The maximum atomic E-state index is 10.9. The van der Waals surface area contributed by atoms with Crippen molar-refractivity contribution in [1.29, 1.82) is 0 Å². The van der Waals surface area contributed by atoms with Crippen LogP contribution in [0.1, 0.15) is 58.2 Å². The molecule has 0 radical (unpaired) electrons. The summed E-state index contributed by atoms with van der Waals surface area (Å²) in [6.07, 6.45) is 1.82. The molecule has 1 heterocycles. The summed E-state index contributed by atoms with van der Waals surface area (Å²) in [7, 11) is 1.96. The molecule has 3 aromatic rings. The number of imidazole rings is 1. The van der Waals surface area contributed by atoms with E-state index in [0.29, 0.717) is 22.3 Å². The van der Waals surface area contributed by atoms with Gasteiger partial charge in [-0.3, -0.25) is 0 Å². The lowest BCUT2D eigenvalue weighted by Gasteiger charge is -2.28. The Labute approximate surface area is 226 Å². The lowest BCUT2D eigenvalue weighted by molar-refractivity contribution is -0.159. The molecular weight excluding hydrogens is 517 g/mol. The van der Waals surface area contributed by atoms with E-state index < -0.39 is 11.9 Å². The normalized spacial score (nSPS) is 11.5. The third kappa shape index (κ3) is 7.63. The number of carbonyl (C=O) groups is 2. The number of hydrogen-bond acceptors (Lipinski definition) is 5. The van der Waals surface area contributed by atoms with Crippen molar-refractivity contribution in [2.45, 2.75) is 58.9 Å². The van der Waals surface area contributed by atoms with Crippen molar-refractivity contribution < 1.29 is 24.9 Å². The monoisotopic (exact) mass is 549 g/mol. The van der Waals surface area contributed by atoms with E-state index in [1.54, 1.807) is 6.07 Å². The molecule has 3 rings (SSSR count). The van der Waals surface area contributed by atoms with Gasteiger partial charge in [0.05, 0.1) is 21.9 Å². The molecule has 10 heteroatoms. The molecule has 0 atom stereocenters. The topological polar surface area (TPSA) is 125 Å². The highest BCUT2D eigenvalue weighted by molar-refractivity contribution is 6.42. The van der Waals surface area contributed by atoms with Gasteiger partial charge in [-0.2, -0.15) is 0 Å². The molecule has 200 valence electrons. The number of anilines is 1. The zero-order valence-electron chi connectivity index (χ0n) is 22.0. The lowest BCUT2D eigenvalue weighted by atomic mass is 9.78. The minimum atomic E-state index is -1.82. The highest BCUT2D eigenvalue weighted by Gasteiger charge is 2.26. The number of aromatic hydroxyl groups is 1. The summed E-state index contributed by atoms with van der Waals surface area (Å²) < 4.78 is 2.00. The number of nitrogens with zero attached hydrogens (tertiary/aromatic N) is 2. The SMILES string of the molecule is Cn1c(-c2ccc(Cl)c(Cl)c2)cnc1NCc1cc(C(C)(C)C)c(O)c(C(C)(C)C)c1.O=C(O)C(=O)O. The lowest BCUT2D eigenvalue weighted by Crippen LogP contribution is -2.18. The van der Waals surface area contributed by atoms with E-state index in [9.17, 15) is 5.11 Å². The summed E-state index contributed by atoms with van der Waals surface area (Å²) in [5, 5.41) is 30.2. The van der Waals surface area contributed by atoms with E-state index in [1.807, 2.05) is 29.9 Å². The molecule has 0 fully saturated rings. The van der Waals surface area contributed by atoms with Gasteiger partial charge >= 0.3 is 11.9 Å². The van der Waals surface area contributed by atoms with Gasteiger partial charge in [0.1, 0.15) is 5.75 Å². The molecule has 0 bridgehead atoms. The van der Waals surface area contributed by atoms with Gasteiger partial charge in [-0.15, -0.1) is 0 Å². The van der Waals surface area contributed by atoms with Crippen LogP contribution < -0.4 is 5.32 Å². The first kappa shape index (κ1) is 30.0. The molecule has 8 nitrogen and oxygen atoms in total. The Balaban J connectivity index is 0.000000717. The van der Waals surface area contributed by atoms with Crippen molar-refractivity contribution in [3.05, 3.63) is 63.3 Å². The first-order valence-corrected chi connectivity index (χ1v) is 12.2. The van der Waals surface area contributed by atoms with Crippen molar-refractivity contribution in [3.63, 3.8) is 0 Å². The Morgan fingerprint density at radius 2 is 1.43 bits per heavy atom. The van der Waals surface area contributed by atoms with Crippen LogP contribution in [-0.4, -0.2) is 36.8 Å². The number of rotatable bonds is 4. The average Bonchev–Trinajstić information content (AvgIpc) is 3.14. The number of halogens is 2. The van der Waals surface area contributed by atoms with E-state index in [-0.39, 0.29) is 10.8 Å². The summed E-state index contributed by atoms with van der Waals surface area (Å²) in [5.74, 6) is -2.50. The Morgan fingerprint density at radius 1 is 0.919 bits per heavy atom. The smallest absolute Gasteiger partial charge is 0.414 e. The fourth-order valence-corrected chi connectivity index (χ4v) is 3.92. The van der Waals surface area contributed by atoms with Gasteiger partial charge in [0.15, 0.2) is 0 Å². The van der Waals surface area contributed by atoms with Gasteiger partial charge < -0.3 is 25.2 Å². The van der Waals surface area contributed by atoms with Gasteiger partial charge in [-0.25, -0.2) is 14.6 Å². The number of carboxylic acids is 2. The molecule has 0 spiro atoms. The first-order chi connectivity index (χ1) is 16.9. The van der Waals surface area contributed by atoms with Gasteiger partial charge in [-0.1, -0.05) is 70.8 Å². The minimum Gasteiger partial charge on any atom is -0.507 e. The molecule has 1 aromatic heterocycles. The number of aliphatic carboxylic acids is 2. The first-order valence-electron chi connectivity index (χ1n) is 11.5. The quantitative estimate of drug-likeness (QED) is 0.275. The molecule has 0 aliphatic heterocycles. The zero-order chi connectivity index (χ0) is 28.3. The maximum Gasteiger partial charge on any atom is 0.414 e. The van der Waals surface area contributed by atoms with Crippen LogP contribution in [0.4, 0.5) is 5.95 Å². The number of phenols is 1. The summed E-state index contributed by atoms with van der Waals surface area (Å²) in [6.45, 7) is 13.3. The second kappa shape index (κ2) is 11.4. The summed E-state index contributed by atoms with van der Waals surface area (Å²) >= 11 is 12.2. The predicted octanol–water partition coefficient (Wildman–Crippen LogP) is 6.46. The molecular formula is C27H33Cl2N3O5. The third-order valence-corrected chi connectivity index (χ3v) is 6.36. The van der Waals surface area contributed by atoms with Crippen LogP contribution in [0.25, 0.3) is 11.3 Å². The number of benzene rings is 2. The van der Waals surface area contributed by atoms with Crippen molar-refractivity contribution in [3.8, 4) is 17.0 Å². The summed E-state index contributed by atoms with van der Waals surface area (Å²) in [6, 6.07) is 9.73. The molecule has 37 heavy (non-hydrogen) atoms. The zero-order valence-corrected chi connectivity index (χ0v) is 23.5. The predicted molar refractivity (Wildman–Crippen MR) is 147 cm³/mol. The number of phenolic OH excluding ortho intramolecular Hbond substituents is 1. The van der Waals surface area contributed by atoms with Crippen molar-refractivity contribution in [1.82, 2.24) is 9.55 Å². The van der Waals surface area contributed by atoms with E-state index in [0.717, 1.165) is 33.9 Å². The van der Waals surface area contributed by atoms with E-state index in [4.69, 9.17) is 43.0 Å². The van der Waals surface area contributed by atoms with Crippen LogP contribution in [0.2, 0.25) is 10.0 Å². The Morgan fingerprint density at radius 3 is 1.86 bits per heavy atom. The van der Waals surface area contributed by atoms with Crippen LogP contribution >= 0.6 is 23.2 Å². The standard InChI is InChI=1S/C25H31Cl2N3O.C2H2O4/c1-24(2,3)17-10-15(11-18(22(17)31)25(4,5)6)13-28-23-29-14-21(30(23)7)16-8-9-19(26)20(27)12-16;3-1(4)2(5)6/h8-12,14,31H,13H2,1-7H3,(H,28,29);(H,3,4)(H,5,6). The van der Waals surface area contributed by atoms with Crippen molar-refractivity contribution >= 4 is 41.1 Å². The van der Waals surface area contributed by atoms with E-state index in [1.165, 1.54) is 0 Å². The largest absolute Gasteiger partial charge is 0.507 e. The molecule has 0 saturated carbocycles. The molecule has 4 N–H and O–H groups in total. The Hall–Kier alpha value is -3.23. The average molecular weight is 550 g/mol. The molecule has 0 unspecified atom stereocenters.